The van der Waals surface area contributed by atoms with E-state index in [1.54, 1.807) is 6.07 Å². The number of nitro groups is 1. The van der Waals surface area contributed by atoms with Gasteiger partial charge in [-0.2, -0.15) is 0 Å². The number of carbonyl (C=O) groups is 2. The average Bonchev–Trinajstić information content (AvgIpc) is 3.08. The number of likely N-dealkylation sites (tertiary alicyclic amines) is 1. The molecule has 0 bridgehead atoms. The number of quaternary nitrogens is 1. The molecule has 0 spiro atoms. The van der Waals surface area contributed by atoms with E-state index in [1.807, 2.05) is 0 Å². The van der Waals surface area contributed by atoms with Gasteiger partial charge in [-0.3, -0.25) is 19.7 Å². The number of carbonyl (C=O) groups excluding carboxylic acids is 2. The number of benzene rings is 2. The van der Waals surface area contributed by atoms with E-state index in [2.05, 4.69) is 0 Å². The van der Waals surface area contributed by atoms with Crippen LogP contribution in [0.5, 0.6) is 0 Å². The number of morpholine rings is 1. The molecular weight excluding hydrogens is 433 g/mol. The van der Waals surface area contributed by atoms with Crippen LogP contribution < -0.4 is 10.0 Å². The Kier molecular flexibility index (Phi) is 6.47. The fourth-order valence-corrected chi connectivity index (χ4v) is 4.20. The molecule has 1 unspecified atom stereocenters. The van der Waals surface area contributed by atoms with Crippen LogP contribution in [0.3, 0.4) is 0 Å². The van der Waals surface area contributed by atoms with Gasteiger partial charge in [0.1, 0.15) is 18.9 Å². The molecule has 1 atom stereocenters. The van der Waals surface area contributed by atoms with Gasteiger partial charge < -0.3 is 19.6 Å². The smallest absolute Gasteiger partial charge is 0.295 e. The summed E-state index contributed by atoms with van der Waals surface area (Å²) in [7, 11) is 0. The zero-order valence-corrected chi connectivity index (χ0v) is 17.7. The van der Waals surface area contributed by atoms with Gasteiger partial charge in [0, 0.05) is 17.7 Å². The van der Waals surface area contributed by atoms with Crippen molar-refractivity contribution in [3.63, 3.8) is 0 Å². The van der Waals surface area contributed by atoms with Crippen LogP contribution in [0, 0.1) is 15.9 Å². The summed E-state index contributed by atoms with van der Waals surface area (Å²) in [4.78, 5) is 39.2. The highest BCUT2D eigenvalue weighted by Gasteiger charge is 2.44. The molecule has 1 amide bonds. The maximum atomic E-state index is 13.3. The van der Waals surface area contributed by atoms with Crippen molar-refractivity contribution in [2.75, 3.05) is 39.4 Å². The minimum Gasteiger partial charge on any atom is -0.872 e. The summed E-state index contributed by atoms with van der Waals surface area (Å²) in [5.41, 5.74) is -0.148. The molecule has 172 valence electrons. The zero-order valence-electron chi connectivity index (χ0n) is 17.7. The maximum absolute atomic E-state index is 13.3. The first-order valence-corrected chi connectivity index (χ1v) is 10.5. The largest absolute Gasteiger partial charge is 0.872 e. The molecule has 2 aliphatic rings. The van der Waals surface area contributed by atoms with Crippen molar-refractivity contribution < 1.29 is 33.6 Å². The number of nitrogens with one attached hydrogen (secondary N) is 1. The third-order valence-electron chi connectivity index (χ3n) is 5.94. The summed E-state index contributed by atoms with van der Waals surface area (Å²) in [6.45, 7) is 3.41. The van der Waals surface area contributed by atoms with Crippen molar-refractivity contribution in [3.05, 3.63) is 81.2 Å². The summed E-state index contributed by atoms with van der Waals surface area (Å²) >= 11 is 0. The van der Waals surface area contributed by atoms with Gasteiger partial charge >= 0.3 is 0 Å². The molecule has 0 aliphatic carbocycles. The Morgan fingerprint density at radius 3 is 2.52 bits per heavy atom. The van der Waals surface area contributed by atoms with E-state index < -0.39 is 34.2 Å². The number of ketones is 1. The van der Waals surface area contributed by atoms with E-state index in [-0.39, 0.29) is 23.4 Å². The van der Waals surface area contributed by atoms with E-state index in [0.29, 0.717) is 25.3 Å². The fraction of sp³-hybridized carbons (Fsp3) is 0.304. The fourth-order valence-electron chi connectivity index (χ4n) is 4.20. The summed E-state index contributed by atoms with van der Waals surface area (Å²) in [5, 5.41) is 24.6. The SMILES string of the molecule is O=C1C(=O)N(CC[NH+]2CCOCC2)C(c2cccc([N+](=O)[O-])c2)C1=C([O-])c1ccc(F)cc1. The first kappa shape index (κ1) is 22.6. The number of hydrogen-bond acceptors (Lipinski definition) is 6. The molecule has 10 heteroatoms. The predicted molar refractivity (Wildman–Crippen MR) is 112 cm³/mol. The molecule has 0 radical (unpaired) electrons. The predicted octanol–water partition coefficient (Wildman–Crippen LogP) is -0.127. The Morgan fingerprint density at radius 1 is 1.15 bits per heavy atom. The van der Waals surface area contributed by atoms with Crippen molar-refractivity contribution in [3.8, 4) is 0 Å². The molecule has 2 aromatic rings. The van der Waals surface area contributed by atoms with Crippen LogP contribution in [0.15, 0.2) is 54.1 Å². The Balaban J connectivity index is 1.77. The second-order valence-corrected chi connectivity index (χ2v) is 7.94. The number of amides is 1. The second kappa shape index (κ2) is 9.47. The quantitative estimate of drug-likeness (QED) is 0.213. The van der Waals surface area contributed by atoms with Gasteiger partial charge in [0.05, 0.1) is 37.3 Å². The van der Waals surface area contributed by atoms with E-state index in [1.165, 1.54) is 40.1 Å². The molecular formula is C23H22FN3O6. The highest BCUT2D eigenvalue weighted by molar-refractivity contribution is 6.46. The van der Waals surface area contributed by atoms with Gasteiger partial charge in [0.2, 0.25) is 5.78 Å². The number of hydrogen-bond donors (Lipinski definition) is 1. The first-order valence-electron chi connectivity index (χ1n) is 10.5. The van der Waals surface area contributed by atoms with Crippen molar-refractivity contribution in [2.24, 2.45) is 0 Å². The number of non-ortho nitro benzene ring substituents is 1. The molecule has 2 aliphatic heterocycles. The molecule has 9 nitrogen and oxygen atoms in total. The lowest BCUT2D eigenvalue weighted by Crippen LogP contribution is -3.14. The Hall–Kier alpha value is -3.63. The summed E-state index contributed by atoms with van der Waals surface area (Å²) in [5.74, 6) is -3.02. The number of ether oxygens (including phenoxy) is 1. The molecule has 2 aromatic carbocycles. The molecule has 2 saturated heterocycles. The summed E-state index contributed by atoms with van der Waals surface area (Å²) in [6.07, 6.45) is 0. The topological polar surface area (TPSA) is 117 Å². The van der Waals surface area contributed by atoms with Gasteiger partial charge in [0.25, 0.3) is 11.6 Å². The lowest BCUT2D eigenvalue weighted by Gasteiger charge is -2.30. The van der Waals surface area contributed by atoms with E-state index in [9.17, 15) is 29.2 Å². The van der Waals surface area contributed by atoms with Crippen molar-refractivity contribution >= 4 is 23.1 Å². The third kappa shape index (κ3) is 4.62. The van der Waals surface area contributed by atoms with E-state index >= 15 is 0 Å². The van der Waals surface area contributed by atoms with Gasteiger partial charge in [-0.1, -0.05) is 30.0 Å². The second-order valence-electron chi connectivity index (χ2n) is 7.94. The monoisotopic (exact) mass is 455 g/mol. The summed E-state index contributed by atoms with van der Waals surface area (Å²) in [6, 6.07) is 9.18. The molecule has 0 aromatic heterocycles. The lowest BCUT2D eigenvalue weighted by molar-refractivity contribution is -0.907. The zero-order chi connectivity index (χ0) is 23.5. The van der Waals surface area contributed by atoms with Crippen LogP contribution in [0.25, 0.3) is 5.76 Å². The van der Waals surface area contributed by atoms with Gasteiger partial charge in [-0.25, -0.2) is 4.39 Å². The molecule has 4 rings (SSSR count). The van der Waals surface area contributed by atoms with Crippen LogP contribution in [-0.4, -0.2) is 60.9 Å². The molecule has 1 N–H and O–H groups in total. The van der Waals surface area contributed by atoms with Crippen molar-refractivity contribution in [1.82, 2.24) is 4.90 Å². The van der Waals surface area contributed by atoms with Gasteiger partial charge in [-0.15, -0.1) is 0 Å². The third-order valence-corrected chi connectivity index (χ3v) is 5.94. The number of rotatable bonds is 6. The Morgan fingerprint density at radius 2 is 1.85 bits per heavy atom. The molecule has 2 heterocycles. The lowest BCUT2D eigenvalue weighted by atomic mass is 9.95. The van der Waals surface area contributed by atoms with Gasteiger partial charge in [-0.05, 0) is 23.3 Å². The normalized spacial score (nSPS) is 20.9. The highest BCUT2D eigenvalue weighted by Crippen LogP contribution is 2.39. The summed E-state index contributed by atoms with van der Waals surface area (Å²) < 4.78 is 18.7. The Bertz CT molecular complexity index is 1110. The van der Waals surface area contributed by atoms with Crippen molar-refractivity contribution in [2.45, 2.75) is 6.04 Å². The van der Waals surface area contributed by atoms with Crippen LogP contribution in [0.4, 0.5) is 10.1 Å². The molecule has 33 heavy (non-hydrogen) atoms. The van der Waals surface area contributed by atoms with Crippen LogP contribution in [-0.2, 0) is 14.3 Å². The van der Waals surface area contributed by atoms with Crippen LogP contribution >= 0.6 is 0 Å². The number of nitrogens with zero attached hydrogens (tertiary/aromatic N) is 2. The Labute approximate surface area is 188 Å². The number of nitro benzene ring substituents is 1. The number of Topliss-reactive ketones (excluding diaryl/α,β-unsaturated/α-hetero) is 1. The highest BCUT2D eigenvalue weighted by atomic mass is 19.1. The van der Waals surface area contributed by atoms with Crippen LogP contribution in [0.2, 0.25) is 0 Å². The van der Waals surface area contributed by atoms with E-state index in [4.69, 9.17) is 4.74 Å². The number of halogens is 1. The molecule has 2 fully saturated rings. The molecule has 0 saturated carbocycles. The van der Waals surface area contributed by atoms with E-state index in [0.717, 1.165) is 25.2 Å². The minimum absolute atomic E-state index is 0.0589. The van der Waals surface area contributed by atoms with Gasteiger partial charge in [0.15, 0.2) is 0 Å². The standard InChI is InChI=1S/C23H22FN3O6/c24-17-6-4-15(5-7-17)21(28)19-20(16-2-1-3-18(14-16)27(31)32)26(23(30)22(19)29)9-8-25-10-12-33-13-11-25/h1-7,14,20,28H,8-13H2. The minimum atomic E-state index is -1.07. The van der Waals surface area contributed by atoms with Crippen LogP contribution in [0.1, 0.15) is 17.2 Å². The average molecular weight is 455 g/mol. The first-order chi connectivity index (χ1) is 15.9. The van der Waals surface area contributed by atoms with Crippen molar-refractivity contribution in [1.29, 1.82) is 0 Å². The maximum Gasteiger partial charge on any atom is 0.295 e.